The highest BCUT2D eigenvalue weighted by Crippen LogP contribution is 2.30. The van der Waals surface area contributed by atoms with Crippen molar-refractivity contribution in [1.82, 2.24) is 24.7 Å². The number of rotatable bonds is 21. The lowest BCUT2D eigenvalue weighted by Crippen LogP contribution is -2.59. The molecule has 1 heterocycles. The van der Waals surface area contributed by atoms with Gasteiger partial charge in [0.2, 0.25) is 23.6 Å². The van der Waals surface area contributed by atoms with E-state index in [2.05, 4.69) is 15.4 Å². The molecule has 0 unspecified atom stereocenters. The van der Waals surface area contributed by atoms with E-state index in [9.17, 15) is 27.6 Å². The standard InChI is InChI=1S/C39H68N6O8S/c1-14-26(7)35(44(11)39(49)33(24(3)4)41-38(48)34(25(5)6)43(9)10)31(52-12)23-32(46)45-22-16-17-30(45)36(53-13)27(8)37(47)42-54(50,51)29-20-18-28(19-21-29)40-15-2/h18-21,24-27,30-31,33-36,40H,14-17,22-23H2,1-13H3,(H,41,48)(H,42,47)/t26-,27+,30-,31+,33-,34-,35-,36+/m0/s1. The van der Waals surface area contributed by atoms with Crippen LogP contribution in [0.1, 0.15) is 81.1 Å². The Balaban J connectivity index is 2.28. The quantitative estimate of drug-likeness (QED) is 0.168. The van der Waals surface area contributed by atoms with Gasteiger partial charge in [0.05, 0.1) is 47.6 Å². The van der Waals surface area contributed by atoms with Crippen LogP contribution in [0.25, 0.3) is 0 Å². The van der Waals surface area contributed by atoms with Crippen molar-refractivity contribution in [2.75, 3.05) is 53.8 Å². The summed E-state index contributed by atoms with van der Waals surface area (Å²) >= 11 is 0. The lowest BCUT2D eigenvalue weighted by Gasteiger charge is -2.41. The molecular weight excluding hydrogens is 713 g/mol. The van der Waals surface area contributed by atoms with Crippen molar-refractivity contribution in [2.45, 2.75) is 122 Å². The van der Waals surface area contributed by atoms with Gasteiger partial charge in [0.15, 0.2) is 0 Å². The largest absolute Gasteiger partial charge is 0.385 e. The second-order valence-electron chi connectivity index (χ2n) is 15.5. The van der Waals surface area contributed by atoms with Crippen LogP contribution in [0.3, 0.4) is 0 Å². The summed E-state index contributed by atoms with van der Waals surface area (Å²) < 4.78 is 40.2. The molecule has 1 fully saturated rings. The Bertz CT molecular complexity index is 1480. The van der Waals surface area contributed by atoms with Crippen LogP contribution in [-0.2, 0) is 38.7 Å². The zero-order chi connectivity index (χ0) is 41.1. The van der Waals surface area contributed by atoms with Crippen molar-refractivity contribution in [1.29, 1.82) is 0 Å². The van der Waals surface area contributed by atoms with E-state index in [0.29, 0.717) is 32.4 Å². The molecule has 0 spiro atoms. The fraction of sp³-hybridized carbons (Fsp3) is 0.744. The van der Waals surface area contributed by atoms with Crippen LogP contribution in [-0.4, -0.2) is 132 Å². The molecule has 0 radical (unpaired) electrons. The van der Waals surface area contributed by atoms with Crippen LogP contribution in [0.4, 0.5) is 5.69 Å². The molecule has 1 aromatic rings. The molecule has 1 aliphatic heterocycles. The Labute approximate surface area is 324 Å². The number of carbonyl (C=O) groups is 4. The number of ether oxygens (including phenoxy) is 2. The number of benzene rings is 1. The number of anilines is 1. The first kappa shape index (κ1) is 46.9. The zero-order valence-corrected chi connectivity index (χ0v) is 35.7. The molecule has 0 bridgehead atoms. The molecule has 1 saturated heterocycles. The van der Waals surface area contributed by atoms with E-state index in [4.69, 9.17) is 9.47 Å². The highest BCUT2D eigenvalue weighted by molar-refractivity contribution is 7.90. The maximum absolute atomic E-state index is 14.2. The van der Waals surface area contributed by atoms with Crippen LogP contribution in [0, 0.1) is 23.7 Å². The number of carbonyl (C=O) groups excluding carboxylic acids is 4. The first-order valence-corrected chi connectivity index (χ1v) is 20.7. The van der Waals surface area contributed by atoms with Gasteiger partial charge < -0.3 is 29.9 Å². The maximum Gasteiger partial charge on any atom is 0.264 e. The molecule has 0 aromatic heterocycles. The summed E-state index contributed by atoms with van der Waals surface area (Å²) in [6.45, 7) is 16.4. The molecule has 2 rings (SSSR count). The van der Waals surface area contributed by atoms with E-state index in [1.807, 2.05) is 67.5 Å². The average Bonchev–Trinajstić information content (AvgIpc) is 3.59. The molecule has 1 aliphatic rings. The third-order valence-electron chi connectivity index (χ3n) is 10.7. The molecular formula is C39H68N6O8S. The number of hydrogen-bond acceptors (Lipinski definition) is 10. The monoisotopic (exact) mass is 780 g/mol. The van der Waals surface area contributed by atoms with E-state index in [1.165, 1.54) is 26.4 Å². The first-order chi connectivity index (χ1) is 25.3. The smallest absolute Gasteiger partial charge is 0.264 e. The predicted octanol–water partition coefficient (Wildman–Crippen LogP) is 3.57. The Morgan fingerprint density at radius 3 is 2.00 bits per heavy atom. The van der Waals surface area contributed by atoms with Crippen LogP contribution in [0.15, 0.2) is 29.2 Å². The lowest BCUT2D eigenvalue weighted by molar-refractivity contribution is -0.148. The van der Waals surface area contributed by atoms with E-state index >= 15 is 0 Å². The summed E-state index contributed by atoms with van der Waals surface area (Å²) in [4.78, 5) is 60.3. The van der Waals surface area contributed by atoms with Gasteiger partial charge in [-0.05, 0) is 75.9 Å². The van der Waals surface area contributed by atoms with Gasteiger partial charge in [-0.3, -0.25) is 24.1 Å². The summed E-state index contributed by atoms with van der Waals surface area (Å²) in [6.07, 6.45) is 0.436. The molecule has 0 aliphatic carbocycles. The van der Waals surface area contributed by atoms with Gasteiger partial charge in [0.1, 0.15) is 6.04 Å². The average molecular weight is 781 g/mol. The van der Waals surface area contributed by atoms with E-state index in [0.717, 1.165) is 5.69 Å². The third-order valence-corrected chi connectivity index (χ3v) is 12.1. The number of sulfonamides is 1. The fourth-order valence-electron chi connectivity index (χ4n) is 7.65. The van der Waals surface area contributed by atoms with Gasteiger partial charge in [-0.25, -0.2) is 13.1 Å². The molecule has 308 valence electrons. The van der Waals surface area contributed by atoms with Gasteiger partial charge in [-0.15, -0.1) is 0 Å². The lowest BCUT2D eigenvalue weighted by atomic mass is 9.89. The Hall–Kier alpha value is -3.27. The Morgan fingerprint density at radius 1 is 0.907 bits per heavy atom. The van der Waals surface area contributed by atoms with Gasteiger partial charge in [0, 0.05) is 40.0 Å². The number of likely N-dealkylation sites (tertiary alicyclic amines) is 1. The minimum absolute atomic E-state index is 0.0288. The van der Waals surface area contributed by atoms with Crippen molar-refractivity contribution >= 4 is 39.3 Å². The second kappa shape index (κ2) is 21.1. The minimum Gasteiger partial charge on any atom is -0.385 e. The highest BCUT2D eigenvalue weighted by Gasteiger charge is 2.43. The normalized spacial score (nSPS) is 18.8. The highest BCUT2D eigenvalue weighted by atomic mass is 32.2. The second-order valence-corrected chi connectivity index (χ2v) is 17.2. The molecule has 14 nitrogen and oxygen atoms in total. The Kier molecular flexibility index (Phi) is 18.4. The number of methoxy groups -OCH3 is 2. The van der Waals surface area contributed by atoms with Gasteiger partial charge in [-0.2, -0.15) is 0 Å². The van der Waals surface area contributed by atoms with E-state index < -0.39 is 58.2 Å². The molecule has 4 amide bonds. The van der Waals surface area contributed by atoms with Crippen molar-refractivity contribution in [3.63, 3.8) is 0 Å². The molecule has 54 heavy (non-hydrogen) atoms. The van der Waals surface area contributed by atoms with Crippen LogP contribution < -0.4 is 15.4 Å². The summed E-state index contributed by atoms with van der Waals surface area (Å²) in [5, 5.41) is 6.12. The summed E-state index contributed by atoms with van der Waals surface area (Å²) in [7, 11) is 4.21. The zero-order valence-electron chi connectivity index (χ0n) is 34.8. The molecule has 1 aromatic carbocycles. The third kappa shape index (κ3) is 11.9. The number of nitrogens with zero attached hydrogens (tertiary/aromatic N) is 3. The number of amides is 4. The Morgan fingerprint density at radius 2 is 1.52 bits per heavy atom. The molecule has 8 atom stereocenters. The van der Waals surface area contributed by atoms with Gasteiger partial charge in [0.25, 0.3) is 10.0 Å². The van der Waals surface area contributed by atoms with Gasteiger partial charge in [-0.1, -0.05) is 54.9 Å². The predicted molar refractivity (Wildman–Crippen MR) is 211 cm³/mol. The summed E-state index contributed by atoms with van der Waals surface area (Å²) in [5.74, 6) is -2.58. The van der Waals surface area contributed by atoms with E-state index in [-0.39, 0.29) is 46.8 Å². The van der Waals surface area contributed by atoms with Crippen LogP contribution in [0.2, 0.25) is 0 Å². The SMILES string of the molecule is CCNc1ccc(S(=O)(=O)NC(=O)[C@H](C)[C@@H](OC)[C@@H]2CCCN2C(=O)C[C@@H](OC)[C@H]([C@@H](C)CC)N(C)C(=O)[C@@H](NC(=O)[C@H](C(C)C)N(C)C)C(C)C)cc1. The van der Waals surface area contributed by atoms with E-state index in [1.54, 1.807) is 35.9 Å². The summed E-state index contributed by atoms with van der Waals surface area (Å²) in [5.41, 5.74) is 0.759. The molecule has 0 saturated carbocycles. The van der Waals surface area contributed by atoms with Gasteiger partial charge >= 0.3 is 0 Å². The van der Waals surface area contributed by atoms with Crippen LogP contribution in [0.5, 0.6) is 0 Å². The van der Waals surface area contributed by atoms with Crippen LogP contribution >= 0.6 is 0 Å². The summed E-state index contributed by atoms with van der Waals surface area (Å²) in [6, 6.07) is 3.94. The minimum atomic E-state index is -4.15. The van der Waals surface area contributed by atoms with Crippen molar-refractivity contribution < 1.29 is 37.1 Å². The van der Waals surface area contributed by atoms with Crippen molar-refractivity contribution in [3.05, 3.63) is 24.3 Å². The number of nitrogens with one attached hydrogen (secondary N) is 3. The van der Waals surface area contributed by atoms with Crippen molar-refractivity contribution in [3.8, 4) is 0 Å². The topological polar surface area (TPSA) is 167 Å². The maximum atomic E-state index is 14.2. The molecule has 15 heteroatoms. The molecule has 3 N–H and O–H groups in total. The van der Waals surface area contributed by atoms with Crippen molar-refractivity contribution in [2.24, 2.45) is 23.7 Å². The number of hydrogen-bond donors (Lipinski definition) is 3. The first-order valence-electron chi connectivity index (χ1n) is 19.3. The fourth-order valence-corrected chi connectivity index (χ4v) is 8.71. The number of likely N-dealkylation sites (N-methyl/N-ethyl adjacent to an activating group) is 2.